The molecular weight excluding hydrogens is 424 g/mol. The summed E-state index contributed by atoms with van der Waals surface area (Å²) in [6, 6.07) is 28.4. The molecule has 0 fully saturated rings. The Kier molecular flexibility index (Phi) is 4.52. The van der Waals surface area contributed by atoms with Gasteiger partial charge in [0.2, 0.25) is 11.6 Å². The molecule has 0 bridgehead atoms. The fourth-order valence-corrected chi connectivity index (χ4v) is 4.48. The van der Waals surface area contributed by atoms with Gasteiger partial charge in [-0.2, -0.15) is 0 Å². The van der Waals surface area contributed by atoms with Crippen LogP contribution in [0.15, 0.2) is 101 Å². The second-order valence-corrected chi connectivity index (χ2v) is 8.27. The first kappa shape index (κ1) is 19.9. The van der Waals surface area contributed by atoms with Gasteiger partial charge in [-0.3, -0.25) is 9.20 Å². The Morgan fingerprint density at radius 3 is 2.44 bits per heavy atom. The van der Waals surface area contributed by atoms with Gasteiger partial charge in [0, 0.05) is 16.5 Å². The van der Waals surface area contributed by atoms with Crippen LogP contribution in [0.25, 0.3) is 27.5 Å². The third-order valence-corrected chi connectivity index (χ3v) is 6.02. The maximum absolute atomic E-state index is 13.5. The van der Waals surface area contributed by atoms with Crippen molar-refractivity contribution in [3.63, 3.8) is 0 Å². The average Bonchev–Trinajstić information content (AvgIpc) is 3.14. The molecule has 0 spiro atoms. The van der Waals surface area contributed by atoms with E-state index in [0.717, 1.165) is 27.4 Å². The van der Waals surface area contributed by atoms with Crippen LogP contribution in [0.2, 0.25) is 0 Å². The van der Waals surface area contributed by atoms with Crippen LogP contribution in [0, 0.1) is 6.92 Å². The molecule has 6 heteroatoms. The van der Waals surface area contributed by atoms with E-state index in [4.69, 9.17) is 0 Å². The fraction of sp³-hybridized carbons (Fsp3) is 0.0357. The lowest BCUT2D eigenvalue weighted by atomic mass is 10.0. The van der Waals surface area contributed by atoms with Crippen molar-refractivity contribution < 1.29 is 9.90 Å². The van der Waals surface area contributed by atoms with Crippen molar-refractivity contribution in [3.8, 4) is 5.75 Å². The zero-order valence-electron chi connectivity index (χ0n) is 18.4. The molecule has 34 heavy (non-hydrogen) atoms. The van der Waals surface area contributed by atoms with E-state index in [9.17, 15) is 9.90 Å². The zero-order valence-corrected chi connectivity index (χ0v) is 18.4. The normalized spacial score (nSPS) is 11.8. The highest BCUT2D eigenvalue weighted by Crippen LogP contribution is 2.41. The number of ketones is 1. The summed E-state index contributed by atoms with van der Waals surface area (Å²) < 4.78 is 1.78. The number of aromatic nitrogens is 2. The molecule has 6 nitrogen and oxygen atoms in total. The molecule has 0 aliphatic carbocycles. The number of hydrogen-bond donors (Lipinski definition) is 2. The lowest BCUT2D eigenvalue weighted by Gasteiger charge is -2.10. The quantitative estimate of drug-likeness (QED) is 0.222. The number of aromatic amines is 1. The highest BCUT2D eigenvalue weighted by molar-refractivity contribution is 6.18. The number of rotatable bonds is 4. The van der Waals surface area contributed by atoms with Gasteiger partial charge in [0.25, 0.3) is 0 Å². The van der Waals surface area contributed by atoms with E-state index in [1.165, 1.54) is 0 Å². The smallest absolute Gasteiger partial charge is 0.204 e. The predicted molar refractivity (Wildman–Crippen MR) is 134 cm³/mol. The monoisotopic (exact) mass is 444 g/mol. The number of nitrogens with zero attached hydrogens (tertiary/aromatic N) is 3. The maximum atomic E-state index is 13.5. The average molecular weight is 444 g/mol. The molecule has 2 N–H and O–H groups in total. The summed E-state index contributed by atoms with van der Waals surface area (Å²) in [5, 5.41) is 22.2. The van der Waals surface area contributed by atoms with Crippen LogP contribution in [0.1, 0.15) is 21.5 Å². The van der Waals surface area contributed by atoms with E-state index < -0.39 is 0 Å². The van der Waals surface area contributed by atoms with Crippen LogP contribution in [0.5, 0.6) is 5.75 Å². The molecule has 0 unspecified atom stereocenters. The number of aryl methyl sites for hydroxylation is 1. The number of nitrogens with one attached hydrogen (secondary N) is 1. The molecule has 6 rings (SSSR count). The topological polar surface area (TPSA) is 82.2 Å². The van der Waals surface area contributed by atoms with Gasteiger partial charge in [0.15, 0.2) is 5.75 Å². The third-order valence-electron chi connectivity index (χ3n) is 6.02. The van der Waals surface area contributed by atoms with E-state index >= 15 is 0 Å². The molecule has 164 valence electrons. The van der Waals surface area contributed by atoms with Gasteiger partial charge in [0.05, 0.1) is 11.2 Å². The Morgan fingerprint density at radius 2 is 1.65 bits per heavy atom. The van der Waals surface area contributed by atoms with Gasteiger partial charge < -0.3 is 10.1 Å². The molecule has 2 aromatic heterocycles. The van der Waals surface area contributed by atoms with E-state index in [0.29, 0.717) is 16.9 Å². The van der Waals surface area contributed by atoms with Crippen molar-refractivity contribution in [2.45, 2.75) is 6.92 Å². The first-order valence-corrected chi connectivity index (χ1v) is 11.0. The van der Waals surface area contributed by atoms with Gasteiger partial charge in [-0.15, -0.1) is 10.2 Å². The summed E-state index contributed by atoms with van der Waals surface area (Å²) in [5.74, 6) is -0.305. The van der Waals surface area contributed by atoms with Gasteiger partial charge >= 0.3 is 0 Å². The van der Waals surface area contributed by atoms with Crippen LogP contribution in [-0.2, 0) is 0 Å². The van der Waals surface area contributed by atoms with Gasteiger partial charge in [-0.25, -0.2) is 0 Å². The Morgan fingerprint density at radius 1 is 0.882 bits per heavy atom. The SMILES string of the molecule is Cc1cccc(N=Nc2c(O)c(C(=O)c3ccccc3)c3[nH]c4cccc5cccc(c54)n23)c1. The van der Waals surface area contributed by atoms with Crippen molar-refractivity contribution in [2.24, 2.45) is 10.2 Å². The summed E-state index contributed by atoms with van der Waals surface area (Å²) >= 11 is 0. The molecule has 0 aliphatic rings. The number of azo groups is 1. The van der Waals surface area contributed by atoms with E-state index in [1.54, 1.807) is 28.7 Å². The number of aromatic hydroxyl groups is 1. The van der Waals surface area contributed by atoms with E-state index in [-0.39, 0.29) is 22.9 Å². The largest absolute Gasteiger partial charge is 0.504 e. The summed E-state index contributed by atoms with van der Waals surface area (Å²) in [6.45, 7) is 1.98. The number of carbonyl (C=O) groups is 1. The number of benzene rings is 4. The Hall–Kier alpha value is -4.71. The van der Waals surface area contributed by atoms with Gasteiger partial charge in [0.1, 0.15) is 11.2 Å². The molecule has 0 aliphatic heterocycles. The number of fused-ring (bicyclic) bond motifs is 2. The van der Waals surface area contributed by atoms with Crippen molar-refractivity contribution in [1.29, 1.82) is 0 Å². The third kappa shape index (κ3) is 3.08. The Bertz CT molecular complexity index is 1740. The summed E-state index contributed by atoms with van der Waals surface area (Å²) in [5.41, 5.74) is 4.51. The summed E-state index contributed by atoms with van der Waals surface area (Å²) in [7, 11) is 0. The Balaban J connectivity index is 1.70. The lowest BCUT2D eigenvalue weighted by Crippen LogP contribution is -2.02. The highest BCUT2D eigenvalue weighted by Gasteiger charge is 2.27. The zero-order chi connectivity index (χ0) is 23.2. The minimum Gasteiger partial charge on any atom is -0.504 e. The maximum Gasteiger partial charge on any atom is 0.204 e. The number of H-pyrrole nitrogens is 1. The molecule has 4 aromatic carbocycles. The van der Waals surface area contributed by atoms with Crippen LogP contribution in [0.3, 0.4) is 0 Å². The van der Waals surface area contributed by atoms with Crippen LogP contribution in [0.4, 0.5) is 11.5 Å². The highest BCUT2D eigenvalue weighted by atomic mass is 16.3. The minimum atomic E-state index is -0.294. The van der Waals surface area contributed by atoms with Crippen LogP contribution < -0.4 is 0 Å². The van der Waals surface area contributed by atoms with E-state index in [2.05, 4.69) is 15.2 Å². The van der Waals surface area contributed by atoms with Crippen molar-refractivity contribution in [3.05, 3.63) is 108 Å². The first-order valence-electron chi connectivity index (χ1n) is 11.0. The molecule has 0 atom stereocenters. The second-order valence-electron chi connectivity index (χ2n) is 8.27. The van der Waals surface area contributed by atoms with E-state index in [1.807, 2.05) is 73.7 Å². The summed E-state index contributed by atoms with van der Waals surface area (Å²) in [6.07, 6.45) is 0. The number of hydrogen-bond acceptors (Lipinski definition) is 4. The first-order chi connectivity index (χ1) is 16.6. The minimum absolute atomic E-state index is 0.163. The molecule has 0 radical (unpaired) electrons. The molecule has 0 saturated carbocycles. The van der Waals surface area contributed by atoms with Gasteiger partial charge in [-0.1, -0.05) is 66.7 Å². The van der Waals surface area contributed by atoms with Crippen LogP contribution in [-0.4, -0.2) is 20.3 Å². The fourth-order valence-electron chi connectivity index (χ4n) is 4.48. The summed E-state index contributed by atoms with van der Waals surface area (Å²) in [4.78, 5) is 16.9. The molecular formula is C28H20N4O2. The molecule has 0 saturated heterocycles. The van der Waals surface area contributed by atoms with Crippen molar-refractivity contribution in [1.82, 2.24) is 9.38 Å². The predicted octanol–water partition coefficient (Wildman–Crippen LogP) is 7.23. The second kappa shape index (κ2) is 7.71. The molecule has 2 heterocycles. The molecule has 6 aromatic rings. The lowest BCUT2D eigenvalue weighted by molar-refractivity contribution is 0.103. The Labute approximate surface area is 194 Å². The molecule has 0 amide bonds. The standard InChI is InChI=1S/C28H20N4O2/c1-17-8-5-13-20(16-17)30-31-28-26(34)24(25(33)19-9-3-2-4-10-19)27-29-21-14-6-11-18-12-7-15-22(23(18)21)32(27)28/h2-16,29,34H,1H3. The van der Waals surface area contributed by atoms with Crippen molar-refractivity contribution >= 4 is 44.7 Å². The number of carbonyl (C=O) groups excluding carboxylic acids is 1. The van der Waals surface area contributed by atoms with Crippen LogP contribution >= 0.6 is 0 Å². The van der Waals surface area contributed by atoms with Gasteiger partial charge in [-0.05, 0) is 42.1 Å². The van der Waals surface area contributed by atoms with Crippen molar-refractivity contribution in [2.75, 3.05) is 0 Å².